The molecule has 1 atom stereocenters. The van der Waals surface area contributed by atoms with Crippen molar-refractivity contribution in [2.45, 2.75) is 63.6 Å². The van der Waals surface area contributed by atoms with Gasteiger partial charge in [-0.15, -0.1) is 0 Å². The van der Waals surface area contributed by atoms with Gasteiger partial charge in [0, 0.05) is 48.8 Å². The van der Waals surface area contributed by atoms with Crippen molar-refractivity contribution in [2.24, 2.45) is 5.89 Å². The summed E-state index contributed by atoms with van der Waals surface area (Å²) < 4.78 is 152. The Morgan fingerprint density at radius 1 is 0.979 bits per heavy atom. The van der Waals surface area contributed by atoms with Crippen LogP contribution in [0.1, 0.15) is 63.8 Å². The number of benzene rings is 3. The molecule has 0 fully saturated rings. The molecule has 0 saturated carbocycles. The number of likely N-dealkylation sites (N-methyl/N-ethyl adjacent to an activating group) is 1. The Bertz CT molecular complexity index is 2250. The van der Waals surface area contributed by atoms with Crippen LogP contribution >= 0.6 is 11.8 Å². The van der Waals surface area contributed by atoms with E-state index >= 15 is 0 Å². The number of hydrogen-bond donors (Lipinski definition) is 0. The molecule has 48 heavy (non-hydrogen) atoms. The Hall–Kier alpha value is -3.96. The molecule has 11 heteroatoms. The molecule has 6 nitrogen and oxygen atoms in total. The molecule has 0 radical (unpaired) electrons. The minimum absolute atomic E-state index is 0.000629. The third-order valence-corrected chi connectivity index (χ3v) is 8.24. The monoisotopic (exact) mass is 691 g/mol. The lowest BCUT2D eigenvalue weighted by atomic mass is 10.0. The van der Waals surface area contributed by atoms with Gasteiger partial charge in [-0.3, -0.25) is 9.59 Å². The van der Waals surface area contributed by atoms with Gasteiger partial charge in [-0.2, -0.15) is 18.2 Å². The number of thioether (sulfide) groups is 1. The van der Waals surface area contributed by atoms with Crippen molar-refractivity contribution in [1.29, 1.82) is 0 Å². The lowest BCUT2D eigenvalue weighted by molar-refractivity contribution is -0.137. The molecular formula is C37H40F4N4O2S. The lowest BCUT2D eigenvalue weighted by Gasteiger charge is -2.28. The maximum atomic E-state index is 14.7. The van der Waals surface area contributed by atoms with Crippen molar-refractivity contribution in [3.8, 4) is 11.1 Å². The Kier molecular flexibility index (Phi) is 7.56. The predicted octanol–water partition coefficient (Wildman–Crippen LogP) is 7.47. The van der Waals surface area contributed by atoms with Crippen LogP contribution in [0.4, 0.5) is 17.6 Å². The molecular weight excluding hydrogens is 640 g/mol. The van der Waals surface area contributed by atoms with E-state index in [2.05, 4.69) is 4.98 Å². The maximum Gasteiger partial charge on any atom is 0.416 e. The van der Waals surface area contributed by atoms with Crippen LogP contribution in [-0.2, 0) is 42.5 Å². The average molecular weight is 692 g/mol. The van der Waals surface area contributed by atoms with Crippen LogP contribution in [0.5, 0.6) is 0 Å². The smallest absolute Gasteiger partial charge is 0.336 e. The minimum atomic E-state index is -4.55. The van der Waals surface area contributed by atoms with E-state index in [9.17, 15) is 27.2 Å². The predicted molar refractivity (Wildman–Crippen MR) is 181 cm³/mol. The van der Waals surface area contributed by atoms with Crippen LogP contribution in [-0.4, -0.2) is 51.3 Å². The zero-order chi connectivity index (χ0) is 44.3. The number of nitrogens with zero attached hydrogens (tertiary/aromatic N) is 4. The molecule has 0 bridgehead atoms. The second-order valence-corrected chi connectivity index (χ2v) is 11.5. The van der Waals surface area contributed by atoms with E-state index < -0.39 is 95.9 Å². The number of carbonyl (C=O) groups is 1. The van der Waals surface area contributed by atoms with Gasteiger partial charge in [0.1, 0.15) is 12.4 Å². The zero-order valence-corrected chi connectivity index (χ0v) is 27.1. The van der Waals surface area contributed by atoms with Gasteiger partial charge in [0.2, 0.25) is 5.91 Å². The van der Waals surface area contributed by atoms with Gasteiger partial charge in [0.15, 0.2) is 5.16 Å². The highest BCUT2D eigenvalue weighted by Gasteiger charge is 2.30. The molecule has 1 aromatic heterocycles. The molecule has 1 heterocycles. The fraction of sp³-hybridized carbons (Fsp3) is 0.378. The molecule has 1 amide bonds. The van der Waals surface area contributed by atoms with Gasteiger partial charge in [0.25, 0.3) is 5.56 Å². The molecule has 4 aromatic rings. The van der Waals surface area contributed by atoms with Crippen molar-refractivity contribution in [3.63, 3.8) is 0 Å². The molecule has 1 aliphatic rings. The Labute approximate surface area is 298 Å². The summed E-state index contributed by atoms with van der Waals surface area (Å²) in [6, 6.07) is 14.4. The first-order valence-corrected chi connectivity index (χ1v) is 15.8. The van der Waals surface area contributed by atoms with Crippen LogP contribution in [0, 0.1) is 11.7 Å². The SMILES string of the molecule is [2H]C([2H])(Sc1nc(=O)c2c(n1CC(=O)N(Cc1ccc(-c3ccc(C(F)(F)F)cc3)cc1)C([2H])([2H])C([2H])([2H])N(CC)CC)C([2H])([2H])C([2H])(C)C2([2H])[2H])c1ccc(F)cc1. The van der Waals surface area contributed by atoms with E-state index in [1.54, 1.807) is 13.8 Å². The third kappa shape index (κ3) is 8.73. The topological polar surface area (TPSA) is 58.4 Å². The van der Waals surface area contributed by atoms with Crippen LogP contribution in [0.15, 0.2) is 82.7 Å². The number of rotatable bonds is 13. The Morgan fingerprint density at radius 3 is 2.19 bits per heavy atom. The summed E-state index contributed by atoms with van der Waals surface area (Å²) >= 11 is 0.200. The van der Waals surface area contributed by atoms with Crippen molar-refractivity contribution >= 4 is 17.7 Å². The number of aromatic nitrogens is 2. The van der Waals surface area contributed by atoms with Crippen molar-refractivity contribution < 1.29 is 37.4 Å². The standard InChI is InChI=1S/C37H40F4N4O2S/c1-4-43(5-2)18-19-44(22-26-6-10-28(11-7-26)29-12-14-30(15-13-29)37(39,40)41)34(46)23-45-33-21-25(3)20-32(33)35(47)42-36(45)48-24-27-8-16-31(38)17-9-27/h6-17,25H,4-5,18-24H2,1-3H3/i18D2,19D2,20D2,21D2,24D2,25D. The first-order chi connectivity index (χ1) is 27.1. The highest BCUT2D eigenvalue weighted by molar-refractivity contribution is 7.98. The molecule has 0 aliphatic heterocycles. The first kappa shape index (κ1) is 23.4. The highest BCUT2D eigenvalue weighted by Crippen LogP contribution is 2.32. The van der Waals surface area contributed by atoms with Crippen LogP contribution in [0.2, 0.25) is 0 Å². The fourth-order valence-electron chi connectivity index (χ4n) is 4.78. The second kappa shape index (κ2) is 15.5. The summed E-state index contributed by atoms with van der Waals surface area (Å²) in [7, 11) is 0. The molecule has 0 N–H and O–H groups in total. The molecule has 1 aliphatic carbocycles. The first-order valence-electron chi connectivity index (χ1n) is 20.5. The van der Waals surface area contributed by atoms with E-state index in [1.165, 1.54) is 36.4 Å². The minimum Gasteiger partial charge on any atom is -0.336 e. The Morgan fingerprint density at radius 2 is 1.58 bits per heavy atom. The van der Waals surface area contributed by atoms with Gasteiger partial charge in [-0.25, -0.2) is 4.39 Å². The van der Waals surface area contributed by atoms with Crippen molar-refractivity contribution in [1.82, 2.24) is 19.4 Å². The highest BCUT2D eigenvalue weighted by atomic mass is 32.2. The number of fused-ring (bicyclic) bond motifs is 1. The quantitative estimate of drug-likeness (QED) is 0.0828. The number of halogens is 4. The van der Waals surface area contributed by atoms with Gasteiger partial charge < -0.3 is 14.4 Å². The normalized spacial score (nSPS) is 22.3. The summed E-state index contributed by atoms with van der Waals surface area (Å²) in [6.45, 7) is -3.82. The van der Waals surface area contributed by atoms with E-state index in [0.717, 1.165) is 48.2 Å². The summed E-state index contributed by atoms with van der Waals surface area (Å²) in [5.74, 6) is -4.65. The second-order valence-electron chi connectivity index (χ2n) is 10.7. The van der Waals surface area contributed by atoms with E-state index in [1.807, 2.05) is 0 Å². The number of carbonyl (C=O) groups excluding carboxylic acids is 1. The Balaban J connectivity index is 1.66. The summed E-state index contributed by atoms with van der Waals surface area (Å²) in [5, 5.41) is -0.665. The van der Waals surface area contributed by atoms with Crippen molar-refractivity contribution in [2.75, 3.05) is 26.1 Å². The molecule has 0 spiro atoms. The maximum absolute atomic E-state index is 14.7. The zero-order valence-electron chi connectivity index (χ0n) is 37.3. The van der Waals surface area contributed by atoms with E-state index in [-0.39, 0.29) is 36.0 Å². The summed E-state index contributed by atoms with van der Waals surface area (Å²) in [4.78, 5) is 33.8. The third-order valence-electron chi connectivity index (χ3n) is 7.41. The largest absolute Gasteiger partial charge is 0.416 e. The number of hydrogen-bond acceptors (Lipinski definition) is 5. The van der Waals surface area contributed by atoms with Gasteiger partial charge in [-0.05, 0) is 78.2 Å². The molecule has 3 aromatic carbocycles. The number of amides is 1. The van der Waals surface area contributed by atoms with Crippen LogP contribution < -0.4 is 5.56 Å². The summed E-state index contributed by atoms with van der Waals surface area (Å²) in [5.41, 5.74) is -5.52. The van der Waals surface area contributed by atoms with E-state index in [0.29, 0.717) is 20.6 Å². The van der Waals surface area contributed by atoms with Crippen LogP contribution in [0.25, 0.3) is 11.1 Å². The number of alkyl halides is 3. The molecule has 5 rings (SSSR count). The summed E-state index contributed by atoms with van der Waals surface area (Å²) in [6.07, 6.45) is -10.6. The van der Waals surface area contributed by atoms with Crippen LogP contribution in [0.3, 0.4) is 0 Å². The van der Waals surface area contributed by atoms with Gasteiger partial charge in [-0.1, -0.05) is 81.1 Å². The van der Waals surface area contributed by atoms with Crippen molar-refractivity contribution in [3.05, 3.63) is 117 Å². The molecule has 0 saturated heterocycles. The fourth-order valence-corrected chi connectivity index (χ4v) is 5.52. The van der Waals surface area contributed by atoms with Gasteiger partial charge in [0.05, 0.1) is 8.30 Å². The molecule has 254 valence electrons. The van der Waals surface area contributed by atoms with Gasteiger partial charge >= 0.3 is 6.18 Å². The average Bonchev–Trinajstić information content (AvgIpc) is 3.25. The molecule has 1 unspecified atom stereocenters. The lowest BCUT2D eigenvalue weighted by Crippen LogP contribution is -2.40. The van der Waals surface area contributed by atoms with E-state index in [4.69, 9.17) is 15.1 Å².